The van der Waals surface area contributed by atoms with Crippen molar-refractivity contribution in [2.24, 2.45) is 0 Å². The lowest BCUT2D eigenvalue weighted by Gasteiger charge is -1.60. The van der Waals surface area contributed by atoms with Crippen molar-refractivity contribution in [2.45, 2.75) is 5.60 Å². The first-order valence-corrected chi connectivity index (χ1v) is 1.76. The Kier molecular flexibility index (Phi) is 0.114. The first kappa shape index (κ1) is 1.98. The minimum Gasteiger partial charge on any atom is -0.361 e. The maximum Gasteiger partial charge on any atom is 0.128 e. The second-order valence-corrected chi connectivity index (χ2v) is 1.58. The first-order valence-electron chi connectivity index (χ1n) is 1.76. The molecule has 1 spiro atoms. The van der Waals surface area contributed by atoms with Crippen molar-refractivity contribution >= 4 is 0 Å². The van der Waals surface area contributed by atoms with E-state index >= 15 is 0 Å². The fourth-order valence-corrected chi connectivity index (χ4v) is 0.369. The molecular formula is C4H4O. The molecule has 0 saturated carbocycles. The zero-order chi connectivity index (χ0) is 3.33. The van der Waals surface area contributed by atoms with Gasteiger partial charge in [-0.25, -0.2) is 0 Å². The average Bonchev–Trinajstić information content (AvgIpc) is 2.17. The molecule has 1 heteroatoms. The molecular weight excluding hydrogens is 64.0 g/mol. The third kappa shape index (κ3) is 0.114. The molecule has 1 fully saturated rings. The van der Waals surface area contributed by atoms with Gasteiger partial charge in [-0.15, -0.1) is 0 Å². The van der Waals surface area contributed by atoms with Crippen LogP contribution in [0.15, 0.2) is 12.2 Å². The second kappa shape index (κ2) is 0.287. The molecule has 0 aromatic heterocycles. The van der Waals surface area contributed by atoms with E-state index in [1.165, 1.54) is 0 Å². The van der Waals surface area contributed by atoms with Crippen LogP contribution in [0.25, 0.3) is 0 Å². The number of hydrogen-bond acceptors (Lipinski definition) is 1. The van der Waals surface area contributed by atoms with Gasteiger partial charge in [-0.2, -0.15) is 0 Å². The average molecular weight is 68.1 g/mol. The van der Waals surface area contributed by atoms with Gasteiger partial charge < -0.3 is 4.74 Å². The van der Waals surface area contributed by atoms with Gasteiger partial charge in [0.1, 0.15) is 5.60 Å². The topological polar surface area (TPSA) is 12.5 Å². The molecule has 0 N–H and O–H groups in total. The predicted molar refractivity (Wildman–Crippen MR) is 17.8 cm³/mol. The summed E-state index contributed by atoms with van der Waals surface area (Å²) in [7, 11) is 0. The zero-order valence-electron chi connectivity index (χ0n) is 2.77. The van der Waals surface area contributed by atoms with Gasteiger partial charge in [0, 0.05) is 0 Å². The van der Waals surface area contributed by atoms with Crippen molar-refractivity contribution < 1.29 is 4.74 Å². The fraction of sp³-hybridized carbons (Fsp3) is 0.500. The van der Waals surface area contributed by atoms with Gasteiger partial charge in [-0.05, 0) is 12.2 Å². The third-order valence-corrected chi connectivity index (χ3v) is 1.02. The van der Waals surface area contributed by atoms with Gasteiger partial charge >= 0.3 is 0 Å². The molecule has 26 valence electrons. The molecule has 0 aromatic rings. The minimum absolute atomic E-state index is 0.250. The lowest BCUT2D eigenvalue weighted by molar-refractivity contribution is 0.417. The molecule has 1 nitrogen and oxygen atoms in total. The van der Waals surface area contributed by atoms with Crippen molar-refractivity contribution in [3.8, 4) is 0 Å². The summed E-state index contributed by atoms with van der Waals surface area (Å²) in [5, 5.41) is 0. The summed E-state index contributed by atoms with van der Waals surface area (Å²) in [6.45, 7) is 0.951. The van der Waals surface area contributed by atoms with Crippen LogP contribution >= 0.6 is 0 Å². The molecule has 2 rings (SSSR count). The zero-order valence-corrected chi connectivity index (χ0v) is 2.77. The van der Waals surface area contributed by atoms with Gasteiger partial charge in [0.15, 0.2) is 0 Å². The number of rotatable bonds is 0. The largest absolute Gasteiger partial charge is 0.361 e. The molecule has 1 saturated heterocycles. The lowest BCUT2D eigenvalue weighted by atomic mass is 10.5. The number of ether oxygens (including phenoxy) is 1. The quantitative estimate of drug-likeness (QED) is 0.294. The van der Waals surface area contributed by atoms with Gasteiger partial charge in [-0.1, -0.05) is 0 Å². The lowest BCUT2D eigenvalue weighted by Crippen LogP contribution is -1.74. The number of epoxide rings is 1. The van der Waals surface area contributed by atoms with E-state index < -0.39 is 0 Å². The summed E-state index contributed by atoms with van der Waals surface area (Å²) in [6, 6.07) is 0. The highest BCUT2D eigenvalue weighted by atomic mass is 16.6. The normalized spacial score (nSPS) is 35.2. The molecule has 0 bridgehead atoms. The number of hydrogen-bond donors (Lipinski definition) is 0. The van der Waals surface area contributed by atoms with Crippen molar-refractivity contribution in [2.75, 3.05) is 6.61 Å². The van der Waals surface area contributed by atoms with Crippen LogP contribution in [-0.2, 0) is 4.74 Å². The van der Waals surface area contributed by atoms with E-state index in [-0.39, 0.29) is 5.60 Å². The molecule has 2 aliphatic rings. The molecule has 0 aromatic carbocycles. The van der Waals surface area contributed by atoms with E-state index in [0.717, 1.165) is 6.61 Å². The Morgan fingerprint density at radius 3 is 2.20 bits per heavy atom. The maximum absolute atomic E-state index is 4.90. The van der Waals surface area contributed by atoms with Crippen LogP contribution in [-0.4, -0.2) is 12.2 Å². The molecule has 1 heterocycles. The second-order valence-electron chi connectivity index (χ2n) is 1.58. The molecule has 1 aliphatic carbocycles. The summed E-state index contributed by atoms with van der Waals surface area (Å²) in [4.78, 5) is 0. The Labute approximate surface area is 30.2 Å². The van der Waals surface area contributed by atoms with E-state index in [4.69, 9.17) is 4.74 Å². The van der Waals surface area contributed by atoms with E-state index in [1.54, 1.807) is 0 Å². The molecule has 0 atom stereocenters. The van der Waals surface area contributed by atoms with Crippen molar-refractivity contribution in [3.05, 3.63) is 12.2 Å². The fourth-order valence-electron chi connectivity index (χ4n) is 0.369. The summed E-state index contributed by atoms with van der Waals surface area (Å²) < 4.78 is 4.90. The first-order chi connectivity index (χ1) is 2.41. The van der Waals surface area contributed by atoms with E-state index in [1.807, 2.05) is 0 Å². The van der Waals surface area contributed by atoms with Crippen molar-refractivity contribution in [3.63, 3.8) is 0 Å². The summed E-state index contributed by atoms with van der Waals surface area (Å²) in [5.74, 6) is 0. The van der Waals surface area contributed by atoms with Crippen LogP contribution in [0.2, 0.25) is 0 Å². The highest BCUT2D eigenvalue weighted by Crippen LogP contribution is 2.40. The Morgan fingerprint density at radius 1 is 1.60 bits per heavy atom. The van der Waals surface area contributed by atoms with Crippen LogP contribution in [0, 0.1) is 0 Å². The third-order valence-electron chi connectivity index (χ3n) is 1.02. The minimum atomic E-state index is 0.250. The SMILES string of the molecule is C1=CC12CO2. The van der Waals surface area contributed by atoms with Gasteiger partial charge in [0.25, 0.3) is 0 Å². The highest BCUT2D eigenvalue weighted by molar-refractivity contribution is 5.36. The Balaban J connectivity index is 2.37. The van der Waals surface area contributed by atoms with E-state index in [0.29, 0.717) is 0 Å². The van der Waals surface area contributed by atoms with Gasteiger partial charge in [0.2, 0.25) is 0 Å². The summed E-state index contributed by atoms with van der Waals surface area (Å²) in [5.41, 5.74) is 0.250. The highest BCUT2D eigenvalue weighted by Gasteiger charge is 2.48. The Hall–Kier alpha value is -0.300. The summed E-state index contributed by atoms with van der Waals surface area (Å²) >= 11 is 0. The standard InChI is InChI=1S/C4H4O/c1-2-4(1)3-5-4/h1-2H,3H2. The van der Waals surface area contributed by atoms with Gasteiger partial charge in [0.05, 0.1) is 6.61 Å². The van der Waals surface area contributed by atoms with Crippen molar-refractivity contribution in [1.82, 2.24) is 0 Å². The Morgan fingerprint density at radius 2 is 2.20 bits per heavy atom. The predicted octanol–water partition coefficient (Wildman–Crippen LogP) is 0.325. The van der Waals surface area contributed by atoms with Crippen LogP contribution in [0.1, 0.15) is 0 Å². The molecule has 0 unspecified atom stereocenters. The van der Waals surface area contributed by atoms with Crippen molar-refractivity contribution in [1.29, 1.82) is 0 Å². The monoisotopic (exact) mass is 68.0 g/mol. The molecule has 1 aliphatic heterocycles. The molecule has 5 heavy (non-hydrogen) atoms. The van der Waals surface area contributed by atoms with Crippen LogP contribution < -0.4 is 0 Å². The van der Waals surface area contributed by atoms with E-state index in [2.05, 4.69) is 12.2 Å². The van der Waals surface area contributed by atoms with Gasteiger partial charge in [-0.3, -0.25) is 0 Å². The summed E-state index contributed by atoms with van der Waals surface area (Å²) in [6.07, 6.45) is 4.15. The van der Waals surface area contributed by atoms with E-state index in [9.17, 15) is 0 Å². The smallest absolute Gasteiger partial charge is 0.128 e. The molecule has 0 amide bonds. The maximum atomic E-state index is 4.90. The Bertz CT molecular complexity index is 81.8. The molecule has 0 radical (unpaired) electrons. The van der Waals surface area contributed by atoms with Crippen LogP contribution in [0.4, 0.5) is 0 Å². The van der Waals surface area contributed by atoms with Crippen LogP contribution in [0.3, 0.4) is 0 Å². The van der Waals surface area contributed by atoms with Crippen LogP contribution in [0.5, 0.6) is 0 Å².